The van der Waals surface area contributed by atoms with Crippen molar-refractivity contribution >= 4 is 17.5 Å². The molecule has 7 nitrogen and oxygen atoms in total. The lowest BCUT2D eigenvalue weighted by Crippen LogP contribution is -2.27. The molecule has 0 saturated heterocycles. The monoisotopic (exact) mass is 369 g/mol. The van der Waals surface area contributed by atoms with Crippen molar-refractivity contribution < 1.29 is 9.53 Å². The standard InChI is InChI=1S/C18H16ClN5O2/c19-14-5-3-13(4-6-14)16-10-24-15(11-26-16)17(22-23-24)18(25)21-9-12-2-1-7-20-8-12/h1-8,16H,9-11H2,(H,21,25). The lowest BCUT2D eigenvalue weighted by molar-refractivity contribution is -0.00177. The van der Waals surface area contributed by atoms with Crippen molar-refractivity contribution in [1.82, 2.24) is 25.3 Å². The molecule has 0 saturated carbocycles. The first-order chi connectivity index (χ1) is 12.7. The lowest BCUT2D eigenvalue weighted by atomic mass is 10.1. The number of pyridine rings is 1. The van der Waals surface area contributed by atoms with E-state index in [1.807, 2.05) is 36.4 Å². The Morgan fingerprint density at radius 2 is 2.15 bits per heavy atom. The molecule has 0 spiro atoms. The van der Waals surface area contributed by atoms with Gasteiger partial charge in [0.2, 0.25) is 0 Å². The highest BCUT2D eigenvalue weighted by atomic mass is 35.5. The van der Waals surface area contributed by atoms with Crippen LogP contribution in [-0.2, 0) is 24.4 Å². The van der Waals surface area contributed by atoms with Gasteiger partial charge in [-0.2, -0.15) is 0 Å². The highest BCUT2D eigenvalue weighted by Gasteiger charge is 2.27. The third-order valence-electron chi connectivity index (χ3n) is 4.23. The fourth-order valence-corrected chi connectivity index (χ4v) is 2.96. The molecule has 132 valence electrons. The van der Waals surface area contributed by atoms with Gasteiger partial charge in [0, 0.05) is 24.0 Å². The smallest absolute Gasteiger partial charge is 0.274 e. The second-order valence-corrected chi connectivity index (χ2v) is 6.40. The van der Waals surface area contributed by atoms with Gasteiger partial charge in [-0.3, -0.25) is 9.78 Å². The van der Waals surface area contributed by atoms with Crippen molar-refractivity contribution in [1.29, 1.82) is 0 Å². The van der Waals surface area contributed by atoms with Crippen molar-refractivity contribution in [3.8, 4) is 0 Å². The Morgan fingerprint density at radius 3 is 2.92 bits per heavy atom. The van der Waals surface area contributed by atoms with E-state index in [0.717, 1.165) is 11.1 Å². The quantitative estimate of drug-likeness (QED) is 0.764. The number of ether oxygens (including phenoxy) is 1. The van der Waals surface area contributed by atoms with Crippen LogP contribution in [0, 0.1) is 0 Å². The summed E-state index contributed by atoms with van der Waals surface area (Å²) in [7, 11) is 0. The van der Waals surface area contributed by atoms with Gasteiger partial charge < -0.3 is 10.1 Å². The van der Waals surface area contributed by atoms with Crippen LogP contribution < -0.4 is 5.32 Å². The van der Waals surface area contributed by atoms with Crippen LogP contribution in [0.15, 0.2) is 48.8 Å². The molecule has 0 radical (unpaired) electrons. The molecule has 3 heterocycles. The Kier molecular flexibility index (Phi) is 4.64. The lowest BCUT2D eigenvalue weighted by Gasteiger charge is -2.24. The topological polar surface area (TPSA) is 81.9 Å². The molecule has 26 heavy (non-hydrogen) atoms. The molecule has 8 heteroatoms. The zero-order chi connectivity index (χ0) is 17.9. The number of nitrogens with zero attached hydrogens (tertiary/aromatic N) is 4. The van der Waals surface area contributed by atoms with Gasteiger partial charge in [-0.25, -0.2) is 4.68 Å². The van der Waals surface area contributed by atoms with Gasteiger partial charge in [0.05, 0.1) is 18.8 Å². The number of hydrogen-bond donors (Lipinski definition) is 1. The average Bonchev–Trinajstić information content (AvgIpc) is 3.11. The number of carbonyl (C=O) groups is 1. The summed E-state index contributed by atoms with van der Waals surface area (Å²) >= 11 is 5.93. The molecular weight excluding hydrogens is 354 g/mol. The number of fused-ring (bicyclic) bond motifs is 1. The van der Waals surface area contributed by atoms with Crippen LogP contribution in [0.1, 0.15) is 33.4 Å². The van der Waals surface area contributed by atoms with Crippen LogP contribution in [-0.4, -0.2) is 25.9 Å². The van der Waals surface area contributed by atoms with E-state index in [4.69, 9.17) is 16.3 Å². The second-order valence-electron chi connectivity index (χ2n) is 5.96. The number of amides is 1. The number of aromatic nitrogens is 4. The maximum Gasteiger partial charge on any atom is 0.274 e. The van der Waals surface area contributed by atoms with E-state index in [1.54, 1.807) is 17.1 Å². The fourth-order valence-electron chi connectivity index (χ4n) is 2.84. The Hall–Kier alpha value is -2.77. The Labute approximate surface area is 155 Å². The van der Waals surface area contributed by atoms with Gasteiger partial charge in [0.15, 0.2) is 5.69 Å². The Morgan fingerprint density at radius 1 is 1.31 bits per heavy atom. The minimum absolute atomic E-state index is 0.146. The van der Waals surface area contributed by atoms with Crippen LogP contribution in [0.4, 0.5) is 0 Å². The summed E-state index contributed by atoms with van der Waals surface area (Å²) in [5.74, 6) is -0.274. The summed E-state index contributed by atoms with van der Waals surface area (Å²) in [6.45, 7) is 1.16. The molecule has 3 aromatic rings. The molecule has 1 aliphatic heterocycles. The summed E-state index contributed by atoms with van der Waals surface area (Å²) in [4.78, 5) is 16.4. The summed E-state index contributed by atoms with van der Waals surface area (Å²) in [5.41, 5.74) is 2.90. The first-order valence-electron chi connectivity index (χ1n) is 8.17. The van der Waals surface area contributed by atoms with E-state index in [2.05, 4.69) is 20.6 Å². The molecule has 1 atom stereocenters. The van der Waals surface area contributed by atoms with Crippen LogP contribution in [0.5, 0.6) is 0 Å². The van der Waals surface area contributed by atoms with Crippen molar-refractivity contribution in [3.63, 3.8) is 0 Å². The number of rotatable bonds is 4. The van der Waals surface area contributed by atoms with E-state index in [0.29, 0.717) is 29.5 Å². The number of benzene rings is 1. The maximum absolute atomic E-state index is 12.4. The second kappa shape index (κ2) is 7.23. The normalized spacial score (nSPS) is 16.1. The number of halogens is 1. The van der Waals surface area contributed by atoms with Crippen molar-refractivity contribution in [2.45, 2.75) is 25.8 Å². The predicted molar refractivity (Wildman–Crippen MR) is 94.4 cm³/mol. The first-order valence-corrected chi connectivity index (χ1v) is 8.55. The van der Waals surface area contributed by atoms with E-state index >= 15 is 0 Å². The Bertz CT molecular complexity index is 911. The first kappa shape index (κ1) is 16.7. The van der Waals surface area contributed by atoms with E-state index in [9.17, 15) is 4.79 Å². The van der Waals surface area contributed by atoms with Crippen molar-refractivity contribution in [2.75, 3.05) is 0 Å². The van der Waals surface area contributed by atoms with E-state index < -0.39 is 0 Å². The van der Waals surface area contributed by atoms with Gasteiger partial charge in [0.1, 0.15) is 6.10 Å². The fraction of sp³-hybridized carbons (Fsp3) is 0.222. The molecular formula is C18H16ClN5O2. The molecule has 0 aliphatic carbocycles. The molecule has 1 aromatic carbocycles. The van der Waals surface area contributed by atoms with Crippen LogP contribution in [0.2, 0.25) is 5.02 Å². The third-order valence-corrected chi connectivity index (χ3v) is 4.48. The summed E-state index contributed by atoms with van der Waals surface area (Å²) in [5, 5.41) is 11.7. The Balaban J connectivity index is 1.45. The van der Waals surface area contributed by atoms with Crippen LogP contribution in [0.25, 0.3) is 0 Å². The molecule has 2 aromatic heterocycles. The molecule has 1 amide bonds. The molecule has 0 fully saturated rings. The van der Waals surface area contributed by atoms with Gasteiger partial charge in [-0.05, 0) is 29.3 Å². The molecule has 0 bridgehead atoms. The van der Waals surface area contributed by atoms with Crippen LogP contribution >= 0.6 is 11.6 Å². The van der Waals surface area contributed by atoms with E-state index in [1.165, 1.54) is 0 Å². The highest BCUT2D eigenvalue weighted by Crippen LogP contribution is 2.27. The van der Waals surface area contributed by atoms with Crippen molar-refractivity contribution in [2.24, 2.45) is 0 Å². The molecule has 4 rings (SSSR count). The maximum atomic E-state index is 12.4. The third kappa shape index (κ3) is 3.44. The van der Waals surface area contributed by atoms with E-state index in [-0.39, 0.29) is 18.6 Å². The molecule has 1 N–H and O–H groups in total. The van der Waals surface area contributed by atoms with Gasteiger partial charge in [-0.15, -0.1) is 5.10 Å². The highest BCUT2D eigenvalue weighted by molar-refractivity contribution is 6.30. The number of carbonyl (C=O) groups excluding carboxylic acids is 1. The average molecular weight is 370 g/mol. The minimum Gasteiger partial charge on any atom is -0.365 e. The zero-order valence-electron chi connectivity index (χ0n) is 13.8. The van der Waals surface area contributed by atoms with Crippen LogP contribution in [0.3, 0.4) is 0 Å². The van der Waals surface area contributed by atoms with Gasteiger partial charge in [-0.1, -0.05) is 35.0 Å². The SMILES string of the molecule is O=C(NCc1cccnc1)c1nnn2c1COC(c1ccc(Cl)cc1)C2. The summed E-state index contributed by atoms with van der Waals surface area (Å²) < 4.78 is 7.63. The van der Waals surface area contributed by atoms with Crippen molar-refractivity contribution in [3.05, 3.63) is 76.3 Å². The number of nitrogens with one attached hydrogen (secondary N) is 1. The summed E-state index contributed by atoms with van der Waals surface area (Å²) in [6.07, 6.45) is 3.25. The summed E-state index contributed by atoms with van der Waals surface area (Å²) in [6, 6.07) is 11.2. The molecule has 1 unspecified atom stereocenters. The van der Waals surface area contributed by atoms with Gasteiger partial charge in [0.25, 0.3) is 5.91 Å². The molecule has 1 aliphatic rings. The zero-order valence-corrected chi connectivity index (χ0v) is 14.6. The largest absolute Gasteiger partial charge is 0.365 e. The number of hydrogen-bond acceptors (Lipinski definition) is 5. The minimum atomic E-state index is -0.274. The van der Waals surface area contributed by atoms with Gasteiger partial charge >= 0.3 is 0 Å². The predicted octanol–water partition coefficient (Wildman–Crippen LogP) is 2.53.